The molecule has 196 valence electrons. The fourth-order valence-electron chi connectivity index (χ4n) is 4.70. The Kier molecular flexibility index (Phi) is 13.3. The molecular weight excluding hydrogens is 428 g/mol. The molecule has 0 aliphatic heterocycles. The zero-order valence-corrected chi connectivity index (χ0v) is 23.7. The Morgan fingerprint density at radius 3 is 1.29 bits per heavy atom. The third-order valence-corrected chi connectivity index (χ3v) is 7.30. The molecule has 0 N–H and O–H groups in total. The molecule has 0 aromatic heterocycles. The summed E-state index contributed by atoms with van der Waals surface area (Å²) in [6.45, 7) is 15.1. The Labute approximate surface area is 216 Å². The summed E-state index contributed by atoms with van der Waals surface area (Å²) < 4.78 is 12.2. The van der Waals surface area contributed by atoms with Crippen molar-refractivity contribution in [2.45, 2.75) is 124 Å². The topological polar surface area (TPSA) is 18.5 Å². The third-order valence-electron chi connectivity index (χ3n) is 7.30. The number of ether oxygens (including phenoxy) is 2. The molecule has 0 fully saturated rings. The molecule has 0 saturated carbocycles. The van der Waals surface area contributed by atoms with Crippen LogP contribution in [-0.2, 0) is 5.41 Å². The second-order valence-corrected chi connectivity index (χ2v) is 10.8. The van der Waals surface area contributed by atoms with E-state index in [2.05, 4.69) is 77.9 Å². The van der Waals surface area contributed by atoms with Gasteiger partial charge in [-0.15, -0.1) is 0 Å². The summed E-state index contributed by atoms with van der Waals surface area (Å²) >= 11 is 0. The first-order valence-corrected chi connectivity index (χ1v) is 14.4. The van der Waals surface area contributed by atoms with Gasteiger partial charge in [0, 0.05) is 5.41 Å². The Bertz CT molecular complexity index is 783. The van der Waals surface area contributed by atoms with Crippen LogP contribution in [0.1, 0.15) is 127 Å². The van der Waals surface area contributed by atoms with Gasteiger partial charge >= 0.3 is 0 Å². The fraction of sp³-hybridized carbons (Fsp3) is 0.636. The average molecular weight is 481 g/mol. The number of hydrogen-bond acceptors (Lipinski definition) is 2. The summed E-state index contributed by atoms with van der Waals surface area (Å²) in [5.74, 6) is 2.04. The van der Waals surface area contributed by atoms with Crippen molar-refractivity contribution in [3.63, 3.8) is 0 Å². The van der Waals surface area contributed by atoms with Crippen molar-refractivity contribution in [1.82, 2.24) is 0 Å². The van der Waals surface area contributed by atoms with E-state index < -0.39 is 0 Å². The van der Waals surface area contributed by atoms with E-state index in [9.17, 15) is 0 Å². The molecule has 0 aliphatic carbocycles. The van der Waals surface area contributed by atoms with Gasteiger partial charge in [0.15, 0.2) is 0 Å². The highest BCUT2D eigenvalue weighted by Gasteiger charge is 2.24. The maximum absolute atomic E-state index is 6.11. The summed E-state index contributed by atoms with van der Waals surface area (Å²) in [7, 11) is 0. The van der Waals surface area contributed by atoms with Gasteiger partial charge in [0.25, 0.3) is 0 Å². The van der Waals surface area contributed by atoms with E-state index in [-0.39, 0.29) is 5.41 Å². The average Bonchev–Trinajstić information content (AvgIpc) is 2.84. The standard InChI is InChI=1S/C33H52O2/c1-7-9-11-13-15-17-23-34-31-21-19-29(25-27(31)3)33(5,6)30-20-22-32(28(4)26-30)35-24-18-16-14-12-10-8-2/h19-22,25-26H,7-18,23-24H2,1-6H3. The Morgan fingerprint density at radius 1 is 0.543 bits per heavy atom. The van der Waals surface area contributed by atoms with E-state index in [1.54, 1.807) is 0 Å². The smallest absolute Gasteiger partial charge is 0.122 e. The van der Waals surface area contributed by atoms with Crippen LogP contribution in [0.3, 0.4) is 0 Å². The molecule has 0 aliphatic rings. The molecule has 0 saturated heterocycles. The molecule has 2 nitrogen and oxygen atoms in total. The van der Waals surface area contributed by atoms with Crippen LogP contribution >= 0.6 is 0 Å². The minimum Gasteiger partial charge on any atom is -0.493 e. The maximum Gasteiger partial charge on any atom is 0.122 e. The number of unbranched alkanes of at least 4 members (excludes halogenated alkanes) is 10. The lowest BCUT2D eigenvalue weighted by atomic mass is 9.77. The van der Waals surface area contributed by atoms with Gasteiger partial charge in [-0.2, -0.15) is 0 Å². The number of benzene rings is 2. The van der Waals surface area contributed by atoms with Gasteiger partial charge in [-0.3, -0.25) is 0 Å². The Hall–Kier alpha value is -1.96. The molecule has 2 aromatic carbocycles. The fourth-order valence-corrected chi connectivity index (χ4v) is 4.70. The van der Waals surface area contributed by atoms with Crippen LogP contribution in [0.2, 0.25) is 0 Å². The number of hydrogen-bond donors (Lipinski definition) is 0. The summed E-state index contributed by atoms with van der Waals surface area (Å²) in [5.41, 5.74) is 5.00. The molecule has 0 atom stereocenters. The lowest BCUT2D eigenvalue weighted by molar-refractivity contribution is 0.302. The number of aryl methyl sites for hydroxylation is 2. The van der Waals surface area contributed by atoms with Gasteiger partial charge in [-0.1, -0.05) is 116 Å². The zero-order valence-electron chi connectivity index (χ0n) is 23.7. The van der Waals surface area contributed by atoms with E-state index in [0.29, 0.717) is 0 Å². The van der Waals surface area contributed by atoms with Crippen molar-refractivity contribution < 1.29 is 9.47 Å². The van der Waals surface area contributed by atoms with Crippen LogP contribution in [0.5, 0.6) is 11.5 Å². The van der Waals surface area contributed by atoms with Gasteiger partial charge < -0.3 is 9.47 Å². The van der Waals surface area contributed by atoms with Crippen LogP contribution in [0.15, 0.2) is 36.4 Å². The molecular formula is C33H52O2. The Balaban J connectivity index is 1.90. The Morgan fingerprint density at radius 2 is 0.914 bits per heavy atom. The second kappa shape index (κ2) is 15.9. The molecule has 0 amide bonds. The molecule has 0 heterocycles. The predicted molar refractivity (Wildman–Crippen MR) is 152 cm³/mol. The van der Waals surface area contributed by atoms with Crippen molar-refractivity contribution in [2.24, 2.45) is 0 Å². The zero-order chi connectivity index (χ0) is 25.5. The normalized spacial score (nSPS) is 11.6. The maximum atomic E-state index is 6.11. The molecule has 0 bridgehead atoms. The van der Waals surface area contributed by atoms with Crippen molar-refractivity contribution in [1.29, 1.82) is 0 Å². The van der Waals surface area contributed by atoms with Gasteiger partial charge in [-0.05, 0) is 61.1 Å². The van der Waals surface area contributed by atoms with Crippen LogP contribution < -0.4 is 9.47 Å². The van der Waals surface area contributed by atoms with Gasteiger partial charge in [0.2, 0.25) is 0 Å². The molecule has 2 rings (SSSR count). The van der Waals surface area contributed by atoms with Crippen molar-refractivity contribution in [3.05, 3.63) is 58.7 Å². The van der Waals surface area contributed by atoms with Crippen LogP contribution in [0.25, 0.3) is 0 Å². The molecule has 2 heteroatoms. The molecule has 0 radical (unpaired) electrons. The van der Waals surface area contributed by atoms with Gasteiger partial charge in [0.1, 0.15) is 11.5 Å². The van der Waals surface area contributed by atoms with E-state index in [0.717, 1.165) is 37.6 Å². The predicted octanol–water partition coefficient (Wildman–Crippen LogP) is 10.1. The van der Waals surface area contributed by atoms with Crippen molar-refractivity contribution in [2.75, 3.05) is 13.2 Å². The molecule has 0 unspecified atom stereocenters. The van der Waals surface area contributed by atoms with Crippen LogP contribution in [-0.4, -0.2) is 13.2 Å². The SMILES string of the molecule is CCCCCCCCOc1ccc(C(C)(C)c2ccc(OCCCCCCCC)c(C)c2)cc1C. The second-order valence-electron chi connectivity index (χ2n) is 10.8. The first-order valence-electron chi connectivity index (χ1n) is 14.4. The highest BCUT2D eigenvalue weighted by atomic mass is 16.5. The summed E-state index contributed by atoms with van der Waals surface area (Å²) in [6, 6.07) is 13.4. The monoisotopic (exact) mass is 480 g/mol. The highest BCUT2D eigenvalue weighted by molar-refractivity contribution is 5.47. The van der Waals surface area contributed by atoms with E-state index in [1.165, 1.54) is 86.5 Å². The van der Waals surface area contributed by atoms with Gasteiger partial charge in [-0.25, -0.2) is 0 Å². The minimum atomic E-state index is -0.0782. The molecule has 35 heavy (non-hydrogen) atoms. The lowest BCUT2D eigenvalue weighted by Gasteiger charge is -2.28. The van der Waals surface area contributed by atoms with Gasteiger partial charge in [0.05, 0.1) is 13.2 Å². The number of rotatable bonds is 18. The van der Waals surface area contributed by atoms with E-state index >= 15 is 0 Å². The van der Waals surface area contributed by atoms with Crippen LogP contribution in [0, 0.1) is 13.8 Å². The lowest BCUT2D eigenvalue weighted by Crippen LogP contribution is -2.19. The van der Waals surface area contributed by atoms with Crippen molar-refractivity contribution in [3.8, 4) is 11.5 Å². The highest BCUT2D eigenvalue weighted by Crippen LogP contribution is 2.36. The molecule has 2 aromatic rings. The summed E-state index contributed by atoms with van der Waals surface area (Å²) in [5, 5.41) is 0. The summed E-state index contributed by atoms with van der Waals surface area (Å²) in [4.78, 5) is 0. The van der Waals surface area contributed by atoms with E-state index in [1.807, 2.05) is 0 Å². The quantitative estimate of drug-likeness (QED) is 0.198. The van der Waals surface area contributed by atoms with E-state index in [4.69, 9.17) is 9.47 Å². The minimum absolute atomic E-state index is 0.0782. The largest absolute Gasteiger partial charge is 0.493 e. The first-order chi connectivity index (χ1) is 16.9. The molecule has 0 spiro atoms. The first kappa shape index (κ1) is 29.3. The van der Waals surface area contributed by atoms with Crippen molar-refractivity contribution >= 4 is 0 Å². The summed E-state index contributed by atoms with van der Waals surface area (Å²) in [6.07, 6.45) is 15.5. The van der Waals surface area contributed by atoms with Crippen LogP contribution in [0.4, 0.5) is 0 Å². The third kappa shape index (κ3) is 9.90.